The Morgan fingerprint density at radius 1 is 1.69 bits per heavy atom. The molecule has 6 nitrogen and oxygen atoms in total. The van der Waals surface area contributed by atoms with Gasteiger partial charge in [0.1, 0.15) is 11.6 Å². The van der Waals surface area contributed by atoms with E-state index < -0.39 is 0 Å². The van der Waals surface area contributed by atoms with E-state index in [4.69, 9.17) is 10.4 Å². The Balaban J connectivity index is 2.81. The zero-order valence-electron chi connectivity index (χ0n) is 8.69. The van der Waals surface area contributed by atoms with Gasteiger partial charge in [-0.1, -0.05) is 0 Å². The van der Waals surface area contributed by atoms with E-state index in [1.807, 2.05) is 6.07 Å². The highest BCUT2D eigenvalue weighted by atomic mass is 16.3. The van der Waals surface area contributed by atoms with Gasteiger partial charge >= 0.3 is 0 Å². The molecule has 0 saturated carbocycles. The van der Waals surface area contributed by atoms with Crippen LogP contribution < -0.4 is 5.56 Å². The Labute approximate surface area is 90.8 Å². The first kappa shape index (κ1) is 10.4. The Kier molecular flexibility index (Phi) is 2.46. The summed E-state index contributed by atoms with van der Waals surface area (Å²) < 4.78 is 1.15. The second kappa shape index (κ2) is 3.79. The molecule has 0 aromatic carbocycles. The molecule has 0 amide bonds. The van der Waals surface area contributed by atoms with Crippen LogP contribution in [0.25, 0.3) is 5.65 Å². The molecule has 82 valence electrons. The second-order valence-electron chi connectivity index (χ2n) is 3.44. The highest BCUT2D eigenvalue weighted by Gasteiger charge is 2.12. The molecule has 0 saturated heterocycles. The van der Waals surface area contributed by atoms with Crippen molar-refractivity contribution in [1.29, 1.82) is 5.26 Å². The highest BCUT2D eigenvalue weighted by molar-refractivity contribution is 5.54. The fourth-order valence-electron chi connectivity index (χ4n) is 1.65. The number of aliphatic hydroxyl groups is 1. The van der Waals surface area contributed by atoms with Gasteiger partial charge in [-0.2, -0.15) is 14.9 Å². The molecular formula is C10H10N4O2. The largest absolute Gasteiger partial charge is 0.396 e. The standard InChI is InChI=1S/C10H10N4O2/c1-6-8(2-3-15)10(16)14-9(13-6)7(4-11)5-12-14/h5,13,15H,2-3H2,1H3. The van der Waals surface area contributed by atoms with Gasteiger partial charge in [0.15, 0.2) is 5.65 Å². The Bertz CT molecular complexity index is 633. The molecule has 0 atom stereocenters. The van der Waals surface area contributed by atoms with Crippen molar-refractivity contribution >= 4 is 5.65 Å². The Morgan fingerprint density at radius 2 is 2.44 bits per heavy atom. The second-order valence-corrected chi connectivity index (χ2v) is 3.44. The maximum atomic E-state index is 11.9. The van der Waals surface area contributed by atoms with Gasteiger partial charge in [0.25, 0.3) is 5.56 Å². The van der Waals surface area contributed by atoms with Crippen LogP contribution in [-0.4, -0.2) is 26.3 Å². The molecule has 2 rings (SSSR count). The van der Waals surface area contributed by atoms with Gasteiger partial charge in [-0.15, -0.1) is 0 Å². The van der Waals surface area contributed by atoms with Gasteiger partial charge in [-0.3, -0.25) is 4.79 Å². The van der Waals surface area contributed by atoms with E-state index in [0.717, 1.165) is 4.52 Å². The number of fused-ring (bicyclic) bond motifs is 1. The normalized spacial score (nSPS) is 10.6. The number of hydrogen-bond donors (Lipinski definition) is 2. The van der Waals surface area contributed by atoms with E-state index in [0.29, 0.717) is 22.5 Å². The number of aromatic amines is 1. The summed E-state index contributed by atoms with van der Waals surface area (Å²) in [7, 11) is 0. The van der Waals surface area contributed by atoms with Crippen molar-refractivity contribution in [1.82, 2.24) is 14.6 Å². The van der Waals surface area contributed by atoms with Crippen LogP contribution >= 0.6 is 0 Å². The Hall–Kier alpha value is -2.13. The van der Waals surface area contributed by atoms with Crippen LogP contribution in [0, 0.1) is 18.3 Å². The van der Waals surface area contributed by atoms with Crippen molar-refractivity contribution < 1.29 is 5.11 Å². The maximum absolute atomic E-state index is 11.9. The van der Waals surface area contributed by atoms with Crippen molar-refractivity contribution in [2.75, 3.05) is 6.61 Å². The monoisotopic (exact) mass is 218 g/mol. The number of nitrogens with zero attached hydrogens (tertiary/aromatic N) is 3. The lowest BCUT2D eigenvalue weighted by Gasteiger charge is -2.04. The van der Waals surface area contributed by atoms with Gasteiger partial charge in [-0.25, -0.2) is 0 Å². The average Bonchev–Trinajstić information content (AvgIpc) is 2.67. The minimum Gasteiger partial charge on any atom is -0.396 e. The lowest BCUT2D eigenvalue weighted by Crippen LogP contribution is -2.22. The summed E-state index contributed by atoms with van der Waals surface area (Å²) in [5.74, 6) is 0. The zero-order chi connectivity index (χ0) is 11.7. The summed E-state index contributed by atoms with van der Waals surface area (Å²) in [4.78, 5) is 14.9. The summed E-state index contributed by atoms with van der Waals surface area (Å²) in [6, 6.07) is 1.95. The van der Waals surface area contributed by atoms with Crippen LogP contribution in [-0.2, 0) is 6.42 Å². The lowest BCUT2D eigenvalue weighted by atomic mass is 10.2. The average molecular weight is 218 g/mol. The molecule has 16 heavy (non-hydrogen) atoms. The van der Waals surface area contributed by atoms with Crippen LogP contribution in [0.2, 0.25) is 0 Å². The molecular weight excluding hydrogens is 208 g/mol. The SMILES string of the molecule is Cc1[nH]c2c(C#N)cnn2c(=O)c1CCO. The van der Waals surface area contributed by atoms with Crippen LogP contribution in [0.15, 0.2) is 11.0 Å². The number of rotatable bonds is 2. The van der Waals surface area contributed by atoms with E-state index in [2.05, 4.69) is 10.1 Å². The quantitative estimate of drug-likeness (QED) is 0.725. The van der Waals surface area contributed by atoms with E-state index >= 15 is 0 Å². The third-order valence-electron chi connectivity index (χ3n) is 2.46. The number of nitrogens with one attached hydrogen (secondary N) is 1. The fourth-order valence-corrected chi connectivity index (χ4v) is 1.65. The first-order valence-electron chi connectivity index (χ1n) is 4.79. The molecule has 0 spiro atoms. The third kappa shape index (κ3) is 1.38. The summed E-state index contributed by atoms with van der Waals surface area (Å²) in [5, 5.41) is 21.5. The number of hydrogen-bond acceptors (Lipinski definition) is 4. The lowest BCUT2D eigenvalue weighted by molar-refractivity contribution is 0.298. The van der Waals surface area contributed by atoms with Crippen LogP contribution in [0.5, 0.6) is 0 Å². The molecule has 0 bridgehead atoms. The van der Waals surface area contributed by atoms with Crippen LogP contribution in [0.4, 0.5) is 0 Å². The summed E-state index contributed by atoms with van der Waals surface area (Å²) in [6.07, 6.45) is 1.62. The summed E-state index contributed by atoms with van der Waals surface area (Å²) in [6.45, 7) is 1.64. The summed E-state index contributed by atoms with van der Waals surface area (Å²) in [5.41, 5.74) is 1.58. The molecule has 6 heteroatoms. The van der Waals surface area contributed by atoms with Gasteiger partial charge in [0, 0.05) is 24.3 Å². The van der Waals surface area contributed by atoms with E-state index in [9.17, 15) is 4.79 Å². The topological polar surface area (TPSA) is 94.2 Å². The molecule has 0 aliphatic carbocycles. The van der Waals surface area contributed by atoms with Crippen molar-refractivity contribution in [3.63, 3.8) is 0 Å². The predicted octanol–water partition coefficient (Wildman–Crippen LogP) is -0.263. The van der Waals surface area contributed by atoms with Crippen molar-refractivity contribution in [3.05, 3.63) is 33.4 Å². The number of nitriles is 1. The smallest absolute Gasteiger partial charge is 0.277 e. The zero-order valence-corrected chi connectivity index (χ0v) is 8.69. The summed E-state index contributed by atoms with van der Waals surface area (Å²) >= 11 is 0. The first-order valence-corrected chi connectivity index (χ1v) is 4.79. The van der Waals surface area contributed by atoms with Gasteiger partial charge in [0.05, 0.1) is 6.20 Å². The molecule has 0 unspecified atom stereocenters. The molecule has 0 aliphatic heterocycles. The van der Waals surface area contributed by atoms with Crippen LogP contribution in [0.1, 0.15) is 16.8 Å². The molecule has 0 fully saturated rings. The molecule has 2 heterocycles. The maximum Gasteiger partial charge on any atom is 0.277 e. The molecule has 2 aromatic heterocycles. The minimum absolute atomic E-state index is 0.0954. The molecule has 2 aromatic rings. The first-order chi connectivity index (χ1) is 7.69. The van der Waals surface area contributed by atoms with Gasteiger partial charge in [-0.05, 0) is 6.92 Å². The van der Waals surface area contributed by atoms with Crippen molar-refractivity contribution in [2.24, 2.45) is 0 Å². The molecule has 2 N–H and O–H groups in total. The number of H-pyrrole nitrogens is 1. The van der Waals surface area contributed by atoms with E-state index in [-0.39, 0.29) is 18.6 Å². The number of aromatic nitrogens is 3. The number of aryl methyl sites for hydroxylation is 1. The van der Waals surface area contributed by atoms with Crippen molar-refractivity contribution in [2.45, 2.75) is 13.3 Å². The predicted molar refractivity (Wildman–Crippen MR) is 56.1 cm³/mol. The van der Waals surface area contributed by atoms with E-state index in [1.165, 1.54) is 6.20 Å². The third-order valence-corrected chi connectivity index (χ3v) is 2.46. The minimum atomic E-state index is -0.290. The van der Waals surface area contributed by atoms with Crippen molar-refractivity contribution in [3.8, 4) is 6.07 Å². The van der Waals surface area contributed by atoms with Gasteiger partial charge in [0.2, 0.25) is 0 Å². The highest BCUT2D eigenvalue weighted by Crippen LogP contribution is 2.07. The fraction of sp³-hybridized carbons (Fsp3) is 0.300. The van der Waals surface area contributed by atoms with E-state index in [1.54, 1.807) is 6.92 Å². The van der Waals surface area contributed by atoms with Crippen LogP contribution in [0.3, 0.4) is 0 Å². The Morgan fingerprint density at radius 3 is 3.06 bits per heavy atom. The molecule has 0 aliphatic rings. The molecule has 0 radical (unpaired) electrons. The number of aliphatic hydroxyl groups excluding tert-OH is 1. The van der Waals surface area contributed by atoms with Gasteiger partial charge < -0.3 is 10.1 Å².